The second kappa shape index (κ2) is 8.73. The summed E-state index contributed by atoms with van der Waals surface area (Å²) < 4.78 is 32.9. The zero-order chi connectivity index (χ0) is 21.9. The van der Waals surface area contributed by atoms with Gasteiger partial charge >= 0.3 is 0 Å². The summed E-state index contributed by atoms with van der Waals surface area (Å²) in [7, 11) is -3.56. The van der Waals surface area contributed by atoms with Gasteiger partial charge in [-0.25, -0.2) is 8.42 Å². The molecule has 0 radical (unpaired) electrons. The Morgan fingerprint density at radius 2 is 1.90 bits per heavy atom. The standard InChI is InChI=1S/C22H29N3O4S/c1-16-7-8-17(2)20(14-16)29-22(3,4)21(26)24-18-9-12-25(13-10-18)30(27,28)19-6-5-11-23-15-19/h5-8,11,14-15,18H,9-10,12-13H2,1-4H3,(H,24,26). The van der Waals surface area contributed by atoms with Crippen LogP contribution in [-0.2, 0) is 14.8 Å². The Balaban J connectivity index is 1.59. The minimum Gasteiger partial charge on any atom is -0.478 e. The van der Waals surface area contributed by atoms with Gasteiger partial charge in [0, 0.05) is 31.5 Å². The van der Waals surface area contributed by atoms with Crippen molar-refractivity contribution in [3.63, 3.8) is 0 Å². The maximum absolute atomic E-state index is 12.9. The zero-order valence-corrected chi connectivity index (χ0v) is 18.7. The summed E-state index contributed by atoms with van der Waals surface area (Å²) in [5.74, 6) is 0.476. The van der Waals surface area contributed by atoms with Crippen LogP contribution in [0.15, 0.2) is 47.6 Å². The summed E-state index contributed by atoms with van der Waals surface area (Å²) in [6.45, 7) is 8.10. The molecule has 0 unspecified atom stereocenters. The van der Waals surface area contributed by atoms with Gasteiger partial charge in [0.2, 0.25) is 10.0 Å². The third-order valence-corrected chi connectivity index (χ3v) is 7.20. The van der Waals surface area contributed by atoms with E-state index in [2.05, 4.69) is 10.3 Å². The van der Waals surface area contributed by atoms with E-state index in [1.54, 1.807) is 32.2 Å². The monoisotopic (exact) mass is 431 g/mol. The van der Waals surface area contributed by atoms with Crippen molar-refractivity contribution in [3.8, 4) is 5.75 Å². The molecule has 0 atom stereocenters. The van der Waals surface area contributed by atoms with Crippen LogP contribution in [0, 0.1) is 13.8 Å². The third-order valence-electron chi connectivity index (χ3n) is 5.32. The van der Waals surface area contributed by atoms with Crippen molar-refractivity contribution in [2.24, 2.45) is 0 Å². The first kappa shape index (κ1) is 22.2. The molecule has 0 spiro atoms. The Kier molecular flexibility index (Phi) is 6.47. The summed E-state index contributed by atoms with van der Waals surface area (Å²) >= 11 is 0. The fraction of sp³-hybridized carbons (Fsp3) is 0.455. The number of ether oxygens (including phenoxy) is 1. The zero-order valence-electron chi connectivity index (χ0n) is 17.9. The highest BCUT2D eigenvalue weighted by Crippen LogP contribution is 2.25. The van der Waals surface area contributed by atoms with Gasteiger partial charge < -0.3 is 10.1 Å². The molecule has 7 nitrogen and oxygen atoms in total. The lowest BCUT2D eigenvalue weighted by atomic mass is 10.0. The van der Waals surface area contributed by atoms with Crippen molar-refractivity contribution < 1.29 is 17.9 Å². The molecule has 0 aliphatic carbocycles. The summed E-state index contributed by atoms with van der Waals surface area (Å²) in [4.78, 5) is 16.9. The Bertz CT molecular complexity index is 998. The SMILES string of the molecule is Cc1ccc(C)c(OC(C)(C)C(=O)NC2CCN(S(=O)(=O)c3cccnc3)CC2)c1. The highest BCUT2D eigenvalue weighted by molar-refractivity contribution is 7.89. The smallest absolute Gasteiger partial charge is 0.263 e. The minimum atomic E-state index is -3.56. The van der Waals surface area contributed by atoms with Crippen LogP contribution in [0.1, 0.15) is 37.8 Å². The number of benzene rings is 1. The van der Waals surface area contributed by atoms with Crippen LogP contribution < -0.4 is 10.1 Å². The number of carbonyl (C=O) groups excluding carboxylic acids is 1. The Hall–Kier alpha value is -2.45. The predicted octanol–water partition coefficient (Wildman–Crippen LogP) is 2.83. The fourth-order valence-corrected chi connectivity index (χ4v) is 4.82. The average molecular weight is 432 g/mol. The Morgan fingerprint density at radius 1 is 1.20 bits per heavy atom. The van der Waals surface area contributed by atoms with Crippen LogP contribution in [0.5, 0.6) is 5.75 Å². The van der Waals surface area contributed by atoms with Crippen molar-refractivity contribution in [1.29, 1.82) is 0 Å². The number of hydrogen-bond acceptors (Lipinski definition) is 5. The van der Waals surface area contributed by atoms with Crippen molar-refractivity contribution in [1.82, 2.24) is 14.6 Å². The highest BCUT2D eigenvalue weighted by atomic mass is 32.2. The molecule has 1 fully saturated rings. The fourth-order valence-electron chi connectivity index (χ4n) is 3.39. The number of hydrogen-bond donors (Lipinski definition) is 1. The number of rotatable bonds is 6. The molecule has 2 heterocycles. The van der Waals surface area contributed by atoms with Crippen LogP contribution in [0.2, 0.25) is 0 Å². The number of amides is 1. The molecule has 1 aliphatic rings. The summed E-state index contributed by atoms with van der Waals surface area (Å²) in [5.41, 5.74) is 0.988. The van der Waals surface area contributed by atoms with Crippen LogP contribution in [0.3, 0.4) is 0 Å². The topological polar surface area (TPSA) is 88.6 Å². The average Bonchev–Trinajstić information content (AvgIpc) is 2.71. The van der Waals surface area contributed by atoms with Crippen LogP contribution in [0.25, 0.3) is 0 Å². The van der Waals surface area contributed by atoms with E-state index < -0.39 is 15.6 Å². The van der Waals surface area contributed by atoms with Crippen LogP contribution in [0.4, 0.5) is 0 Å². The Labute approximate surface area is 178 Å². The first-order chi connectivity index (χ1) is 14.1. The molecule has 1 aliphatic heterocycles. The molecule has 0 bridgehead atoms. The van der Waals surface area contributed by atoms with Gasteiger partial charge in [-0.05, 0) is 69.9 Å². The number of nitrogens with one attached hydrogen (secondary N) is 1. The third kappa shape index (κ3) is 4.99. The van der Waals surface area contributed by atoms with E-state index >= 15 is 0 Å². The van der Waals surface area contributed by atoms with Crippen molar-refractivity contribution in [3.05, 3.63) is 53.9 Å². The van der Waals surface area contributed by atoms with E-state index in [0.29, 0.717) is 31.7 Å². The molecule has 162 valence electrons. The van der Waals surface area contributed by atoms with Crippen LogP contribution in [-0.4, -0.2) is 48.3 Å². The molecule has 1 saturated heterocycles. The highest BCUT2D eigenvalue weighted by Gasteiger charge is 2.35. The van der Waals surface area contributed by atoms with Crippen molar-refractivity contribution in [2.75, 3.05) is 13.1 Å². The van der Waals surface area contributed by atoms with E-state index in [4.69, 9.17) is 4.74 Å². The van der Waals surface area contributed by atoms with E-state index in [1.165, 1.54) is 10.5 Å². The number of aryl methyl sites for hydroxylation is 2. The van der Waals surface area contributed by atoms with E-state index in [-0.39, 0.29) is 16.8 Å². The van der Waals surface area contributed by atoms with Crippen molar-refractivity contribution >= 4 is 15.9 Å². The second-order valence-electron chi connectivity index (χ2n) is 8.22. The minimum absolute atomic E-state index is 0.0978. The van der Waals surface area contributed by atoms with E-state index in [1.807, 2.05) is 32.0 Å². The predicted molar refractivity (Wildman–Crippen MR) is 115 cm³/mol. The number of aromatic nitrogens is 1. The summed E-state index contributed by atoms with van der Waals surface area (Å²) in [6, 6.07) is 8.95. The second-order valence-corrected chi connectivity index (χ2v) is 10.2. The maximum Gasteiger partial charge on any atom is 0.263 e. The molecule has 2 aromatic rings. The molecule has 1 amide bonds. The normalized spacial score (nSPS) is 16.3. The van der Waals surface area contributed by atoms with Gasteiger partial charge in [0.25, 0.3) is 5.91 Å². The lowest BCUT2D eigenvalue weighted by molar-refractivity contribution is -0.135. The van der Waals surface area contributed by atoms with Gasteiger partial charge in [-0.3, -0.25) is 9.78 Å². The number of nitrogens with zero attached hydrogens (tertiary/aromatic N) is 2. The van der Waals surface area contributed by atoms with E-state index in [9.17, 15) is 13.2 Å². The molecule has 1 aromatic heterocycles. The van der Waals surface area contributed by atoms with E-state index in [0.717, 1.165) is 11.1 Å². The van der Waals surface area contributed by atoms with Crippen LogP contribution >= 0.6 is 0 Å². The van der Waals surface area contributed by atoms with Gasteiger partial charge in [-0.1, -0.05) is 12.1 Å². The molecule has 0 saturated carbocycles. The lowest BCUT2D eigenvalue weighted by Gasteiger charge is -2.34. The molecular formula is C22H29N3O4S. The van der Waals surface area contributed by atoms with Gasteiger partial charge in [0.1, 0.15) is 10.6 Å². The summed E-state index contributed by atoms with van der Waals surface area (Å²) in [5, 5.41) is 3.03. The number of pyridine rings is 1. The van der Waals surface area contributed by atoms with Gasteiger partial charge in [0.15, 0.2) is 5.60 Å². The maximum atomic E-state index is 12.9. The number of carbonyl (C=O) groups is 1. The first-order valence-corrected chi connectivity index (χ1v) is 11.5. The Morgan fingerprint density at radius 3 is 2.53 bits per heavy atom. The molecule has 3 rings (SSSR count). The van der Waals surface area contributed by atoms with Gasteiger partial charge in [0.05, 0.1) is 0 Å². The molecule has 1 aromatic carbocycles. The molecule has 8 heteroatoms. The molecule has 30 heavy (non-hydrogen) atoms. The molecular weight excluding hydrogens is 402 g/mol. The number of piperidine rings is 1. The lowest BCUT2D eigenvalue weighted by Crippen LogP contribution is -2.53. The van der Waals surface area contributed by atoms with Crippen molar-refractivity contribution in [2.45, 2.75) is 57.1 Å². The quantitative estimate of drug-likeness (QED) is 0.760. The van der Waals surface area contributed by atoms with Gasteiger partial charge in [-0.15, -0.1) is 0 Å². The summed E-state index contributed by atoms with van der Waals surface area (Å²) in [6.07, 6.45) is 3.99. The molecule has 1 N–H and O–H groups in total. The first-order valence-electron chi connectivity index (χ1n) is 10.1. The largest absolute Gasteiger partial charge is 0.478 e. The number of sulfonamides is 1. The van der Waals surface area contributed by atoms with Gasteiger partial charge in [-0.2, -0.15) is 4.31 Å².